The van der Waals surface area contributed by atoms with Gasteiger partial charge in [0.25, 0.3) is 0 Å². The molecule has 72 valence electrons. The fraction of sp³-hybridized carbons (Fsp3) is 0.231. The first-order chi connectivity index (χ1) is 6.79. The first kappa shape index (κ1) is 9.07. The predicted molar refractivity (Wildman–Crippen MR) is 59.3 cm³/mol. The molecule has 0 saturated heterocycles. The van der Waals surface area contributed by atoms with Crippen LogP contribution in [-0.4, -0.2) is 5.11 Å². The third-order valence-electron chi connectivity index (χ3n) is 2.60. The van der Waals surface area contributed by atoms with E-state index in [1.165, 1.54) is 0 Å². The highest BCUT2D eigenvalue weighted by Gasteiger charge is 2.08. The van der Waals surface area contributed by atoms with Crippen LogP contribution in [0.4, 0.5) is 0 Å². The van der Waals surface area contributed by atoms with Crippen molar-refractivity contribution in [2.45, 2.75) is 19.8 Å². The smallest absolute Gasteiger partial charge is 0.122 e. The summed E-state index contributed by atoms with van der Waals surface area (Å²) in [7, 11) is 0. The summed E-state index contributed by atoms with van der Waals surface area (Å²) in [5.41, 5.74) is 3.17. The van der Waals surface area contributed by atoms with E-state index in [1.54, 1.807) is 0 Å². The van der Waals surface area contributed by atoms with Crippen molar-refractivity contribution in [3.05, 3.63) is 47.1 Å². The molecule has 0 spiro atoms. The lowest BCUT2D eigenvalue weighted by Gasteiger charge is -2.11. The summed E-state index contributed by atoms with van der Waals surface area (Å²) in [5, 5.41) is 9.90. The molecule has 0 saturated carbocycles. The molecule has 1 nitrogen and oxygen atoms in total. The van der Waals surface area contributed by atoms with Crippen molar-refractivity contribution in [2.75, 3.05) is 0 Å². The summed E-state index contributed by atoms with van der Waals surface area (Å²) in [6, 6.07) is 4.03. The Labute approximate surface area is 84.4 Å². The minimum absolute atomic E-state index is 0.461. The monoisotopic (exact) mass is 186 g/mol. The highest BCUT2D eigenvalue weighted by atomic mass is 16.3. The quantitative estimate of drug-likeness (QED) is 0.659. The van der Waals surface area contributed by atoms with Gasteiger partial charge in [-0.15, -0.1) is 0 Å². The lowest BCUT2D eigenvalue weighted by Crippen LogP contribution is -1.93. The van der Waals surface area contributed by atoms with E-state index in [4.69, 9.17) is 0 Å². The molecule has 2 rings (SSSR count). The largest absolute Gasteiger partial charge is 0.507 e. The number of fused-ring (bicyclic) bond motifs is 1. The Morgan fingerprint density at radius 1 is 1.21 bits per heavy atom. The molecule has 1 aromatic rings. The first-order valence-corrected chi connectivity index (χ1v) is 4.93. The van der Waals surface area contributed by atoms with E-state index in [2.05, 4.69) is 18.2 Å². The molecule has 0 unspecified atom stereocenters. The number of aryl methyl sites for hydroxylation is 1. The lowest BCUT2D eigenvalue weighted by atomic mass is 9.97. The maximum atomic E-state index is 9.90. The van der Waals surface area contributed by atoms with Gasteiger partial charge in [0.2, 0.25) is 0 Å². The predicted octanol–water partition coefficient (Wildman–Crippen LogP) is 3.22. The summed E-state index contributed by atoms with van der Waals surface area (Å²) in [4.78, 5) is 0. The molecule has 0 bridgehead atoms. The molecular weight excluding hydrogens is 172 g/mol. The molecule has 1 aliphatic rings. The zero-order valence-electron chi connectivity index (χ0n) is 8.33. The van der Waals surface area contributed by atoms with Crippen LogP contribution < -0.4 is 0 Å². The first-order valence-electron chi connectivity index (χ1n) is 4.93. The standard InChI is InChI=1S/C13H14O/c1-10-8-9-11-6-4-2-3-5-7-12(11)13(10)14/h2-4,6,8-9,14H,5,7H2,1H3. The Balaban J connectivity index is 2.55. The van der Waals surface area contributed by atoms with Crippen molar-refractivity contribution in [3.63, 3.8) is 0 Å². The number of benzene rings is 1. The average Bonchev–Trinajstić information content (AvgIpc) is 2.13. The fourth-order valence-electron chi connectivity index (χ4n) is 1.75. The average molecular weight is 186 g/mol. The summed E-state index contributed by atoms with van der Waals surface area (Å²) >= 11 is 0. The normalized spacial score (nSPS) is 14.6. The van der Waals surface area contributed by atoms with Crippen LogP contribution >= 0.6 is 0 Å². The lowest BCUT2D eigenvalue weighted by molar-refractivity contribution is 0.463. The molecule has 0 aliphatic heterocycles. The third-order valence-corrected chi connectivity index (χ3v) is 2.60. The molecule has 1 aromatic carbocycles. The van der Waals surface area contributed by atoms with Gasteiger partial charge in [-0.1, -0.05) is 36.4 Å². The van der Waals surface area contributed by atoms with Crippen LogP contribution in [0.25, 0.3) is 6.08 Å². The Bertz CT molecular complexity index is 400. The highest BCUT2D eigenvalue weighted by Crippen LogP contribution is 2.28. The maximum absolute atomic E-state index is 9.90. The molecule has 0 heterocycles. The molecule has 0 radical (unpaired) electrons. The number of rotatable bonds is 0. The molecule has 0 aromatic heterocycles. The van der Waals surface area contributed by atoms with E-state index in [9.17, 15) is 5.11 Å². The number of phenolic OH excluding ortho intramolecular Hbond substituents is 1. The van der Waals surface area contributed by atoms with Crippen molar-refractivity contribution in [1.29, 1.82) is 0 Å². The van der Waals surface area contributed by atoms with Crippen LogP contribution in [-0.2, 0) is 6.42 Å². The second kappa shape index (κ2) is 3.70. The zero-order valence-corrected chi connectivity index (χ0v) is 8.33. The van der Waals surface area contributed by atoms with Crippen molar-refractivity contribution < 1.29 is 5.11 Å². The second-order valence-electron chi connectivity index (χ2n) is 3.62. The van der Waals surface area contributed by atoms with Gasteiger partial charge in [0.05, 0.1) is 0 Å². The van der Waals surface area contributed by atoms with Gasteiger partial charge in [-0.25, -0.2) is 0 Å². The summed E-state index contributed by atoms with van der Waals surface area (Å²) in [6.07, 6.45) is 10.2. The van der Waals surface area contributed by atoms with Crippen LogP contribution in [0.2, 0.25) is 0 Å². The molecule has 0 fully saturated rings. The molecule has 1 N–H and O–H groups in total. The Morgan fingerprint density at radius 3 is 2.93 bits per heavy atom. The van der Waals surface area contributed by atoms with Gasteiger partial charge in [0.15, 0.2) is 0 Å². The summed E-state index contributed by atoms with van der Waals surface area (Å²) < 4.78 is 0. The third kappa shape index (κ3) is 1.58. The minimum atomic E-state index is 0.461. The van der Waals surface area contributed by atoms with E-state index in [-0.39, 0.29) is 0 Å². The van der Waals surface area contributed by atoms with Crippen LogP contribution in [0.15, 0.2) is 30.4 Å². The van der Waals surface area contributed by atoms with E-state index in [1.807, 2.05) is 25.1 Å². The Kier molecular flexibility index (Phi) is 2.40. The molecule has 1 heteroatoms. The zero-order chi connectivity index (χ0) is 9.97. The number of aromatic hydroxyl groups is 1. The summed E-state index contributed by atoms with van der Waals surface area (Å²) in [6.45, 7) is 1.94. The van der Waals surface area contributed by atoms with E-state index in [0.717, 1.165) is 29.5 Å². The number of hydrogen-bond acceptors (Lipinski definition) is 1. The van der Waals surface area contributed by atoms with Crippen molar-refractivity contribution in [3.8, 4) is 5.75 Å². The van der Waals surface area contributed by atoms with Gasteiger partial charge in [0, 0.05) is 5.56 Å². The highest BCUT2D eigenvalue weighted by molar-refractivity contribution is 5.61. The Morgan fingerprint density at radius 2 is 2.07 bits per heavy atom. The van der Waals surface area contributed by atoms with E-state index in [0.29, 0.717) is 5.75 Å². The minimum Gasteiger partial charge on any atom is -0.507 e. The number of phenols is 1. The van der Waals surface area contributed by atoms with Crippen LogP contribution in [0.3, 0.4) is 0 Å². The summed E-state index contributed by atoms with van der Waals surface area (Å²) in [5.74, 6) is 0.461. The van der Waals surface area contributed by atoms with Crippen molar-refractivity contribution >= 4 is 6.08 Å². The number of hydrogen-bond donors (Lipinski definition) is 1. The van der Waals surface area contributed by atoms with Gasteiger partial charge in [0.1, 0.15) is 5.75 Å². The van der Waals surface area contributed by atoms with Crippen LogP contribution in [0.5, 0.6) is 5.75 Å². The maximum Gasteiger partial charge on any atom is 0.122 e. The van der Waals surface area contributed by atoms with Crippen molar-refractivity contribution in [2.24, 2.45) is 0 Å². The van der Waals surface area contributed by atoms with Gasteiger partial charge in [-0.3, -0.25) is 0 Å². The van der Waals surface area contributed by atoms with Gasteiger partial charge in [-0.2, -0.15) is 0 Å². The molecule has 14 heavy (non-hydrogen) atoms. The number of allylic oxidation sites excluding steroid dienone is 3. The molecule has 0 atom stereocenters. The van der Waals surface area contributed by atoms with Crippen LogP contribution in [0, 0.1) is 6.92 Å². The molecule has 0 amide bonds. The van der Waals surface area contributed by atoms with Crippen LogP contribution in [0.1, 0.15) is 23.1 Å². The second-order valence-corrected chi connectivity index (χ2v) is 3.62. The molecular formula is C13H14O. The van der Waals surface area contributed by atoms with E-state index >= 15 is 0 Å². The SMILES string of the molecule is Cc1ccc2c(c1O)CCC=CC=C2. The van der Waals surface area contributed by atoms with Gasteiger partial charge < -0.3 is 5.11 Å². The fourth-order valence-corrected chi connectivity index (χ4v) is 1.75. The van der Waals surface area contributed by atoms with Gasteiger partial charge >= 0.3 is 0 Å². The Hall–Kier alpha value is -1.50. The van der Waals surface area contributed by atoms with E-state index < -0.39 is 0 Å². The van der Waals surface area contributed by atoms with Gasteiger partial charge in [-0.05, 0) is 30.9 Å². The molecule has 1 aliphatic carbocycles. The topological polar surface area (TPSA) is 20.2 Å². The van der Waals surface area contributed by atoms with Crippen molar-refractivity contribution in [1.82, 2.24) is 0 Å².